The lowest BCUT2D eigenvalue weighted by Crippen LogP contribution is -2.35. The van der Waals surface area contributed by atoms with Gasteiger partial charge in [0.2, 0.25) is 0 Å². The van der Waals surface area contributed by atoms with Crippen LogP contribution in [-0.2, 0) is 0 Å². The lowest BCUT2D eigenvalue weighted by Gasteiger charge is -2.23. The van der Waals surface area contributed by atoms with Crippen LogP contribution >= 0.6 is 11.6 Å². The van der Waals surface area contributed by atoms with Crippen LogP contribution in [0.2, 0.25) is 5.02 Å². The Hall–Kier alpha value is -2.68. The molecule has 0 unspecified atom stereocenters. The molecule has 5 rings (SSSR count). The third-order valence-corrected chi connectivity index (χ3v) is 6.82. The zero-order valence-corrected chi connectivity index (χ0v) is 19.2. The number of nitrogens with zero attached hydrogens (tertiary/aromatic N) is 3. The fourth-order valence-corrected chi connectivity index (χ4v) is 5.00. The molecule has 2 aliphatic heterocycles. The van der Waals surface area contributed by atoms with Crippen molar-refractivity contribution in [2.45, 2.75) is 18.9 Å². The summed E-state index contributed by atoms with van der Waals surface area (Å²) in [6.07, 6.45) is 3.63. The van der Waals surface area contributed by atoms with E-state index >= 15 is 0 Å². The summed E-state index contributed by atoms with van der Waals surface area (Å²) < 4.78 is 26.1. The Morgan fingerprint density at radius 1 is 1.24 bits per heavy atom. The normalized spacial score (nSPS) is 20.2. The highest BCUT2D eigenvalue weighted by Gasteiger charge is 2.36. The summed E-state index contributed by atoms with van der Waals surface area (Å²) in [6, 6.07) is 9.10. The van der Waals surface area contributed by atoms with E-state index in [0.29, 0.717) is 40.9 Å². The summed E-state index contributed by atoms with van der Waals surface area (Å²) in [6.45, 7) is 4.99. The van der Waals surface area contributed by atoms with E-state index in [9.17, 15) is 4.39 Å². The summed E-state index contributed by atoms with van der Waals surface area (Å²) in [7, 11) is 1.60. The minimum absolute atomic E-state index is 0.0433. The van der Waals surface area contributed by atoms with Crippen LogP contribution in [0.3, 0.4) is 0 Å². The molecular weight excluding hydrogens is 445 g/mol. The zero-order valence-electron chi connectivity index (χ0n) is 18.5. The van der Waals surface area contributed by atoms with Crippen LogP contribution in [0.1, 0.15) is 12.8 Å². The van der Waals surface area contributed by atoms with E-state index in [1.54, 1.807) is 25.3 Å². The van der Waals surface area contributed by atoms with Crippen molar-refractivity contribution in [3.8, 4) is 11.5 Å². The molecule has 0 radical (unpaired) electrons. The van der Waals surface area contributed by atoms with Crippen molar-refractivity contribution in [1.29, 1.82) is 0 Å². The SMILES string of the molecule is COc1cc2ncnc(Nc3cccc(Cl)c3F)c2cc1OCCCN1CC[C@@H]2CNC[C@@H]21. The Labute approximate surface area is 197 Å². The van der Waals surface area contributed by atoms with Crippen molar-refractivity contribution in [2.75, 3.05) is 45.2 Å². The molecule has 0 spiro atoms. The second kappa shape index (κ2) is 9.67. The topological polar surface area (TPSA) is 71.5 Å². The lowest BCUT2D eigenvalue weighted by atomic mass is 10.1. The number of methoxy groups -OCH3 is 1. The fraction of sp³-hybridized carbons (Fsp3) is 0.417. The van der Waals surface area contributed by atoms with Gasteiger partial charge in [0.1, 0.15) is 12.1 Å². The Balaban J connectivity index is 1.31. The number of rotatable bonds is 8. The predicted octanol–water partition coefficient (Wildman–Crippen LogP) is 4.24. The Morgan fingerprint density at radius 3 is 3.03 bits per heavy atom. The zero-order chi connectivity index (χ0) is 22.8. The van der Waals surface area contributed by atoms with E-state index in [1.807, 2.05) is 6.07 Å². The molecule has 1 aromatic heterocycles. The van der Waals surface area contributed by atoms with Gasteiger partial charge in [-0.2, -0.15) is 0 Å². The van der Waals surface area contributed by atoms with E-state index in [2.05, 4.69) is 25.5 Å². The molecule has 2 atom stereocenters. The molecule has 0 bridgehead atoms. The molecule has 0 amide bonds. The number of hydrogen-bond donors (Lipinski definition) is 2. The van der Waals surface area contributed by atoms with Crippen molar-refractivity contribution in [2.24, 2.45) is 5.92 Å². The highest BCUT2D eigenvalue weighted by molar-refractivity contribution is 6.31. The van der Waals surface area contributed by atoms with Crippen LogP contribution in [0.5, 0.6) is 11.5 Å². The number of ether oxygens (including phenoxy) is 2. The van der Waals surface area contributed by atoms with Gasteiger partial charge in [-0.25, -0.2) is 14.4 Å². The number of hydrogen-bond acceptors (Lipinski definition) is 7. The first-order valence-corrected chi connectivity index (χ1v) is 11.6. The molecular formula is C24H27ClFN5O2. The Kier molecular flexibility index (Phi) is 6.48. The second-order valence-corrected chi connectivity index (χ2v) is 8.89. The number of aromatic nitrogens is 2. The maximum atomic E-state index is 14.4. The van der Waals surface area contributed by atoms with Crippen LogP contribution in [0, 0.1) is 11.7 Å². The summed E-state index contributed by atoms with van der Waals surface area (Å²) in [5, 5.41) is 7.26. The van der Waals surface area contributed by atoms with Gasteiger partial charge in [0, 0.05) is 30.6 Å². The van der Waals surface area contributed by atoms with Crippen molar-refractivity contribution in [1.82, 2.24) is 20.2 Å². The first-order chi connectivity index (χ1) is 16.1. The predicted molar refractivity (Wildman–Crippen MR) is 127 cm³/mol. The standard InChI is InChI=1S/C24H27ClFN5O2/c1-32-21-11-19-16(24(29-14-28-19)30-18-5-2-4-17(25)23(18)26)10-22(21)33-9-3-7-31-8-6-15-12-27-13-20(15)31/h2,4-5,10-11,14-15,20,27H,3,6-9,12-13H2,1H3,(H,28,29,30)/t15-,20+/m1/s1. The third-order valence-electron chi connectivity index (χ3n) is 6.53. The molecule has 2 aromatic carbocycles. The molecule has 3 heterocycles. The van der Waals surface area contributed by atoms with Gasteiger partial charge in [-0.3, -0.25) is 4.90 Å². The van der Waals surface area contributed by atoms with Gasteiger partial charge in [-0.05, 0) is 50.0 Å². The van der Waals surface area contributed by atoms with Crippen molar-refractivity contribution in [3.63, 3.8) is 0 Å². The number of benzene rings is 2. The smallest absolute Gasteiger partial charge is 0.165 e. The quantitative estimate of drug-likeness (QED) is 0.476. The summed E-state index contributed by atoms with van der Waals surface area (Å²) in [4.78, 5) is 11.2. The number of anilines is 2. The van der Waals surface area contributed by atoms with Crippen LogP contribution in [0.25, 0.3) is 10.9 Å². The van der Waals surface area contributed by atoms with Crippen LogP contribution < -0.4 is 20.1 Å². The largest absolute Gasteiger partial charge is 0.493 e. The maximum absolute atomic E-state index is 14.4. The fourth-order valence-electron chi connectivity index (χ4n) is 4.83. The Morgan fingerprint density at radius 2 is 2.15 bits per heavy atom. The van der Waals surface area contributed by atoms with E-state index < -0.39 is 5.82 Å². The van der Waals surface area contributed by atoms with Gasteiger partial charge in [-0.15, -0.1) is 0 Å². The number of halogens is 2. The maximum Gasteiger partial charge on any atom is 0.165 e. The van der Waals surface area contributed by atoms with Gasteiger partial charge < -0.3 is 20.1 Å². The molecule has 2 aliphatic rings. The van der Waals surface area contributed by atoms with E-state index in [1.165, 1.54) is 25.4 Å². The van der Waals surface area contributed by atoms with Crippen LogP contribution in [0.4, 0.5) is 15.9 Å². The van der Waals surface area contributed by atoms with Gasteiger partial charge in [0.05, 0.1) is 29.9 Å². The molecule has 3 aromatic rings. The first-order valence-electron chi connectivity index (χ1n) is 11.3. The second-order valence-electron chi connectivity index (χ2n) is 8.48. The van der Waals surface area contributed by atoms with Gasteiger partial charge >= 0.3 is 0 Å². The summed E-state index contributed by atoms with van der Waals surface area (Å²) in [5.41, 5.74) is 0.905. The average Bonchev–Trinajstić information content (AvgIpc) is 3.44. The molecule has 2 N–H and O–H groups in total. The van der Waals surface area contributed by atoms with Crippen LogP contribution in [0.15, 0.2) is 36.7 Å². The molecule has 9 heteroatoms. The third kappa shape index (κ3) is 4.55. The van der Waals surface area contributed by atoms with E-state index in [4.69, 9.17) is 21.1 Å². The molecule has 2 fully saturated rings. The molecule has 0 aliphatic carbocycles. The minimum Gasteiger partial charge on any atom is -0.493 e. The van der Waals surface area contributed by atoms with Crippen molar-refractivity contribution < 1.29 is 13.9 Å². The molecule has 2 saturated heterocycles. The lowest BCUT2D eigenvalue weighted by molar-refractivity contribution is 0.217. The van der Waals surface area contributed by atoms with Crippen LogP contribution in [-0.4, -0.2) is 60.8 Å². The molecule has 7 nitrogen and oxygen atoms in total. The van der Waals surface area contributed by atoms with Crippen molar-refractivity contribution >= 4 is 34.0 Å². The average molecular weight is 472 g/mol. The highest BCUT2D eigenvalue weighted by atomic mass is 35.5. The molecule has 0 saturated carbocycles. The number of fused-ring (bicyclic) bond motifs is 2. The Bertz CT molecular complexity index is 1150. The highest BCUT2D eigenvalue weighted by Crippen LogP contribution is 2.35. The monoisotopic (exact) mass is 471 g/mol. The van der Waals surface area contributed by atoms with Gasteiger partial charge in [-0.1, -0.05) is 17.7 Å². The minimum atomic E-state index is -0.530. The van der Waals surface area contributed by atoms with E-state index in [0.717, 1.165) is 32.0 Å². The molecule has 174 valence electrons. The van der Waals surface area contributed by atoms with Gasteiger partial charge in [0.15, 0.2) is 17.3 Å². The summed E-state index contributed by atoms with van der Waals surface area (Å²) in [5.74, 6) is 1.93. The molecule has 33 heavy (non-hydrogen) atoms. The number of likely N-dealkylation sites (tertiary alicyclic amines) is 1. The van der Waals surface area contributed by atoms with Gasteiger partial charge in [0.25, 0.3) is 0 Å². The first kappa shape index (κ1) is 22.1. The van der Waals surface area contributed by atoms with Crippen molar-refractivity contribution in [3.05, 3.63) is 47.5 Å². The van der Waals surface area contributed by atoms with E-state index in [-0.39, 0.29) is 10.7 Å². The summed E-state index contributed by atoms with van der Waals surface area (Å²) >= 11 is 5.92. The number of nitrogens with one attached hydrogen (secondary N) is 2.